The first-order valence-corrected chi connectivity index (χ1v) is 4.44. The number of ketones is 1. The molecule has 5 heteroatoms. The van der Waals surface area contributed by atoms with E-state index < -0.39 is 5.43 Å². The number of Topliss-reactive ketones (excluding diaryl/α,β-unsaturated/α-hetero) is 1. The molecular formula is C9H6Cl2O3. The zero-order valence-electron chi connectivity index (χ0n) is 7.21. The first-order valence-electron chi connectivity index (χ1n) is 3.68. The molecule has 3 nitrogen and oxygen atoms in total. The van der Waals surface area contributed by atoms with Gasteiger partial charge in [-0.15, -0.1) is 0 Å². The van der Waals surface area contributed by atoms with Crippen molar-refractivity contribution in [3.8, 4) is 5.75 Å². The zero-order chi connectivity index (χ0) is 10.7. The molecule has 0 atom stereocenters. The molecule has 0 radical (unpaired) electrons. The highest BCUT2D eigenvalue weighted by Gasteiger charge is 2.08. The minimum absolute atomic E-state index is 0.115. The second-order valence-electron chi connectivity index (χ2n) is 2.54. The Balaban J connectivity index is 3.01. The predicted molar refractivity (Wildman–Crippen MR) is 53.3 cm³/mol. The lowest BCUT2D eigenvalue weighted by Gasteiger charge is -2.03. The quantitative estimate of drug-likeness (QED) is 0.581. The highest BCUT2D eigenvalue weighted by Crippen LogP contribution is 2.26. The van der Waals surface area contributed by atoms with Crippen molar-refractivity contribution in [3.05, 3.63) is 28.8 Å². The van der Waals surface area contributed by atoms with Crippen LogP contribution in [-0.2, 0) is 0 Å². The zero-order valence-corrected chi connectivity index (χ0v) is 8.72. The van der Waals surface area contributed by atoms with Gasteiger partial charge in [0.2, 0.25) is 0 Å². The van der Waals surface area contributed by atoms with E-state index in [1.165, 1.54) is 25.1 Å². The van der Waals surface area contributed by atoms with E-state index in [1.807, 2.05) is 0 Å². The van der Waals surface area contributed by atoms with Gasteiger partial charge in [-0.1, -0.05) is 11.6 Å². The van der Waals surface area contributed by atoms with Crippen LogP contribution in [0.3, 0.4) is 0 Å². The van der Waals surface area contributed by atoms with E-state index in [0.29, 0.717) is 5.56 Å². The van der Waals surface area contributed by atoms with Crippen LogP contribution in [0.25, 0.3) is 0 Å². The summed E-state index contributed by atoms with van der Waals surface area (Å²) in [5, 5.41) is 0.173. The Bertz CT molecular complexity index is 388. The maximum atomic E-state index is 10.9. The summed E-state index contributed by atoms with van der Waals surface area (Å²) in [6, 6.07) is 4.34. The van der Waals surface area contributed by atoms with Crippen molar-refractivity contribution in [2.75, 3.05) is 0 Å². The van der Waals surface area contributed by atoms with Crippen LogP contribution in [0.2, 0.25) is 5.02 Å². The minimum atomic E-state index is -0.970. The van der Waals surface area contributed by atoms with E-state index in [-0.39, 0.29) is 16.6 Å². The minimum Gasteiger partial charge on any atom is -0.413 e. The summed E-state index contributed by atoms with van der Waals surface area (Å²) >= 11 is 10.7. The highest BCUT2D eigenvalue weighted by atomic mass is 35.5. The number of benzene rings is 1. The number of ether oxygens (including phenoxy) is 1. The Labute approximate surface area is 90.6 Å². The fourth-order valence-electron chi connectivity index (χ4n) is 0.889. The summed E-state index contributed by atoms with van der Waals surface area (Å²) in [6.07, 6.45) is 0. The van der Waals surface area contributed by atoms with Crippen LogP contribution in [-0.4, -0.2) is 11.2 Å². The summed E-state index contributed by atoms with van der Waals surface area (Å²) in [4.78, 5) is 21.3. The van der Waals surface area contributed by atoms with Crippen LogP contribution < -0.4 is 4.74 Å². The molecule has 0 unspecified atom stereocenters. The van der Waals surface area contributed by atoms with Gasteiger partial charge in [0.25, 0.3) is 0 Å². The average Bonchev–Trinajstić information content (AvgIpc) is 2.07. The molecule has 1 aromatic carbocycles. The molecule has 1 aromatic rings. The molecule has 0 aliphatic rings. The molecule has 0 aliphatic heterocycles. The first kappa shape index (κ1) is 11.0. The number of rotatable bonds is 2. The highest BCUT2D eigenvalue weighted by molar-refractivity contribution is 6.61. The third kappa shape index (κ3) is 2.72. The van der Waals surface area contributed by atoms with Crippen LogP contribution in [0.1, 0.15) is 17.3 Å². The Morgan fingerprint density at radius 3 is 2.43 bits per heavy atom. The lowest BCUT2D eigenvalue weighted by Crippen LogP contribution is -1.98. The van der Waals surface area contributed by atoms with Gasteiger partial charge < -0.3 is 4.74 Å². The van der Waals surface area contributed by atoms with E-state index in [4.69, 9.17) is 23.2 Å². The molecular weight excluding hydrogens is 227 g/mol. The van der Waals surface area contributed by atoms with Gasteiger partial charge in [0.15, 0.2) is 11.5 Å². The summed E-state index contributed by atoms with van der Waals surface area (Å²) in [6.45, 7) is 1.42. The summed E-state index contributed by atoms with van der Waals surface area (Å²) < 4.78 is 4.56. The molecule has 0 saturated carbocycles. The van der Waals surface area contributed by atoms with Crippen molar-refractivity contribution in [2.45, 2.75) is 6.92 Å². The molecule has 0 spiro atoms. The monoisotopic (exact) mass is 232 g/mol. The standard InChI is InChI=1S/C9H6Cl2O3/c1-5(12)6-2-3-8(7(10)4-6)14-9(11)13/h2-4H,1H3. The topological polar surface area (TPSA) is 43.4 Å². The smallest absolute Gasteiger partial charge is 0.409 e. The Kier molecular flexibility index (Phi) is 3.49. The van der Waals surface area contributed by atoms with Crippen molar-refractivity contribution >= 4 is 34.4 Å². The van der Waals surface area contributed by atoms with Gasteiger partial charge in [0.05, 0.1) is 5.02 Å². The summed E-state index contributed by atoms with van der Waals surface area (Å²) in [7, 11) is 0. The average molecular weight is 233 g/mol. The number of halogens is 2. The third-order valence-electron chi connectivity index (χ3n) is 1.53. The molecule has 0 saturated heterocycles. The molecule has 0 aromatic heterocycles. The second kappa shape index (κ2) is 4.44. The van der Waals surface area contributed by atoms with Crippen molar-refractivity contribution in [1.29, 1.82) is 0 Å². The van der Waals surface area contributed by atoms with Gasteiger partial charge in [0.1, 0.15) is 0 Å². The van der Waals surface area contributed by atoms with Crippen molar-refractivity contribution in [3.63, 3.8) is 0 Å². The van der Waals surface area contributed by atoms with Crippen LogP contribution in [0.15, 0.2) is 18.2 Å². The van der Waals surface area contributed by atoms with Crippen LogP contribution in [0.4, 0.5) is 4.79 Å². The van der Waals surface area contributed by atoms with Gasteiger partial charge in [0, 0.05) is 17.2 Å². The summed E-state index contributed by atoms with van der Waals surface area (Å²) in [5.74, 6) is 0.0207. The first-order chi connectivity index (χ1) is 6.50. The Hall–Kier alpha value is -1.06. The third-order valence-corrected chi connectivity index (χ3v) is 1.90. The molecule has 14 heavy (non-hydrogen) atoms. The molecule has 1 rings (SSSR count). The number of hydrogen-bond acceptors (Lipinski definition) is 3. The van der Waals surface area contributed by atoms with Gasteiger partial charge in [-0.2, -0.15) is 0 Å². The predicted octanol–water partition coefficient (Wildman–Crippen LogP) is 3.28. The maximum absolute atomic E-state index is 10.9. The molecule has 0 fully saturated rings. The fourth-order valence-corrected chi connectivity index (χ4v) is 1.19. The van der Waals surface area contributed by atoms with E-state index >= 15 is 0 Å². The van der Waals surface area contributed by atoms with Gasteiger partial charge >= 0.3 is 5.43 Å². The molecule has 0 N–H and O–H groups in total. The molecule has 0 bridgehead atoms. The number of carbonyl (C=O) groups excluding carboxylic acids is 2. The normalized spacial score (nSPS) is 9.64. The SMILES string of the molecule is CC(=O)c1ccc(OC(=O)Cl)c(Cl)c1. The Morgan fingerprint density at radius 2 is 2.00 bits per heavy atom. The number of carbonyl (C=O) groups is 2. The van der Waals surface area contributed by atoms with Crippen LogP contribution in [0.5, 0.6) is 5.75 Å². The number of hydrogen-bond donors (Lipinski definition) is 0. The van der Waals surface area contributed by atoms with E-state index in [0.717, 1.165) is 0 Å². The van der Waals surface area contributed by atoms with E-state index in [2.05, 4.69) is 4.74 Å². The maximum Gasteiger partial charge on any atom is 0.409 e. The van der Waals surface area contributed by atoms with Gasteiger partial charge in [-0.05, 0) is 25.1 Å². The summed E-state index contributed by atoms with van der Waals surface area (Å²) in [5.41, 5.74) is -0.521. The van der Waals surface area contributed by atoms with Crippen molar-refractivity contribution in [1.82, 2.24) is 0 Å². The second-order valence-corrected chi connectivity index (χ2v) is 3.26. The molecule has 74 valence electrons. The van der Waals surface area contributed by atoms with Gasteiger partial charge in [-0.3, -0.25) is 4.79 Å². The lowest BCUT2D eigenvalue weighted by molar-refractivity contribution is 0.101. The van der Waals surface area contributed by atoms with Crippen LogP contribution >= 0.6 is 23.2 Å². The fraction of sp³-hybridized carbons (Fsp3) is 0.111. The van der Waals surface area contributed by atoms with E-state index in [1.54, 1.807) is 0 Å². The molecule has 0 amide bonds. The lowest BCUT2D eigenvalue weighted by atomic mass is 10.1. The van der Waals surface area contributed by atoms with Crippen LogP contribution in [0, 0.1) is 0 Å². The molecule has 0 heterocycles. The van der Waals surface area contributed by atoms with E-state index in [9.17, 15) is 9.59 Å². The Morgan fingerprint density at radius 1 is 1.36 bits per heavy atom. The molecule has 0 aliphatic carbocycles. The van der Waals surface area contributed by atoms with Crippen molar-refractivity contribution < 1.29 is 14.3 Å². The van der Waals surface area contributed by atoms with Gasteiger partial charge in [-0.25, -0.2) is 4.79 Å². The van der Waals surface area contributed by atoms with Crippen molar-refractivity contribution in [2.24, 2.45) is 0 Å². The largest absolute Gasteiger partial charge is 0.413 e.